The van der Waals surface area contributed by atoms with Gasteiger partial charge in [-0.3, -0.25) is 4.90 Å². The molecule has 0 unspecified atom stereocenters. The summed E-state index contributed by atoms with van der Waals surface area (Å²) in [6, 6.07) is 0. The second-order valence-corrected chi connectivity index (χ2v) is 2.59. The topological polar surface area (TPSA) is 24.5 Å². The van der Waals surface area contributed by atoms with E-state index in [1.54, 1.807) is 0 Å². The van der Waals surface area contributed by atoms with E-state index in [2.05, 4.69) is 10.2 Å². The summed E-state index contributed by atoms with van der Waals surface area (Å²) in [6.45, 7) is 6.78. The van der Waals surface area contributed by atoms with Gasteiger partial charge in [0.2, 0.25) is 0 Å². The zero-order chi connectivity index (χ0) is 7.94. The van der Waals surface area contributed by atoms with Gasteiger partial charge in [0.05, 0.1) is 19.9 Å². The van der Waals surface area contributed by atoms with Gasteiger partial charge < -0.3 is 10.1 Å². The van der Waals surface area contributed by atoms with E-state index in [0.717, 1.165) is 33.0 Å². The maximum atomic E-state index is 5.22. The molecule has 1 saturated heterocycles. The Balaban J connectivity index is 0. The Hall–Kier alpha value is -0.540. The van der Waals surface area contributed by atoms with Crippen LogP contribution in [0.3, 0.4) is 0 Å². The second-order valence-electron chi connectivity index (χ2n) is 2.59. The Morgan fingerprint density at radius 1 is 1.31 bits per heavy atom. The van der Waals surface area contributed by atoms with Crippen LogP contribution in [0.1, 0.15) is 21.8 Å². The molecule has 1 fully saturated rings. The average molecular weight is 188 g/mol. The van der Waals surface area contributed by atoms with E-state index in [1.807, 2.05) is 19.2 Å². The Morgan fingerprint density at radius 3 is 2.46 bits per heavy atom. The van der Waals surface area contributed by atoms with E-state index in [0.29, 0.717) is 0 Å². The van der Waals surface area contributed by atoms with Crippen LogP contribution in [0.2, 0.25) is 0 Å². The maximum Gasteiger partial charge on any atom is 0.0674 e. The molecule has 0 aromatic carbocycles. The van der Waals surface area contributed by atoms with Gasteiger partial charge in [-0.05, 0) is 13.1 Å². The van der Waals surface area contributed by atoms with E-state index in [-0.39, 0.29) is 14.9 Å². The van der Waals surface area contributed by atoms with Crippen LogP contribution < -0.4 is 5.32 Å². The quantitative estimate of drug-likeness (QED) is 0.729. The molecule has 0 amide bonds. The average Bonchev–Trinajstić information content (AvgIpc) is 2.07. The van der Waals surface area contributed by atoms with E-state index in [9.17, 15) is 0 Å². The van der Waals surface area contributed by atoms with Gasteiger partial charge in [-0.2, -0.15) is 0 Å². The summed E-state index contributed by atoms with van der Waals surface area (Å²) in [6.07, 6.45) is 3.97. The van der Waals surface area contributed by atoms with E-state index >= 15 is 0 Å². The van der Waals surface area contributed by atoms with Crippen LogP contribution >= 0.6 is 0 Å². The second kappa shape index (κ2) is 9.55. The van der Waals surface area contributed by atoms with Crippen molar-refractivity contribution in [1.29, 1.82) is 0 Å². The molecule has 1 aliphatic rings. The number of nitrogens with zero attached hydrogens (tertiary/aromatic N) is 1. The fourth-order valence-electron chi connectivity index (χ4n) is 1.06. The molecule has 0 spiro atoms. The summed E-state index contributed by atoms with van der Waals surface area (Å²) in [7, 11) is 0. The van der Waals surface area contributed by atoms with Crippen LogP contribution in [0.25, 0.3) is 0 Å². The highest BCUT2D eigenvalue weighted by Crippen LogP contribution is 1.93. The summed E-state index contributed by atoms with van der Waals surface area (Å²) < 4.78 is 5.22. The van der Waals surface area contributed by atoms with Crippen LogP contribution in [-0.2, 0) is 4.74 Å². The van der Waals surface area contributed by atoms with Gasteiger partial charge in [0.15, 0.2) is 0 Å². The molecule has 0 atom stereocenters. The summed E-state index contributed by atoms with van der Waals surface area (Å²) in [5.41, 5.74) is 0. The van der Waals surface area contributed by atoms with Crippen LogP contribution in [0.4, 0.5) is 0 Å². The number of morpholine rings is 1. The first-order valence-corrected chi connectivity index (χ1v) is 4.08. The molecular weight excluding hydrogens is 164 g/mol. The fraction of sp³-hybridized carbons (Fsp3) is 0.800. The standard InChI is InChI=1S/C8H16N2O.2CH4/c1-2-3-9-8-10-4-6-11-7-5-10;;/h2-3,9H,4-8H2,1H3;2*1H4. The Kier molecular flexibility index (Phi) is 11.0. The summed E-state index contributed by atoms with van der Waals surface area (Å²) in [4.78, 5) is 2.34. The largest absolute Gasteiger partial charge is 0.379 e. The molecule has 13 heavy (non-hydrogen) atoms. The van der Waals surface area contributed by atoms with E-state index < -0.39 is 0 Å². The highest BCUT2D eigenvalue weighted by molar-refractivity contribution is 4.74. The predicted molar refractivity (Wildman–Crippen MR) is 58.7 cm³/mol. The van der Waals surface area contributed by atoms with Crippen LogP contribution in [0.5, 0.6) is 0 Å². The van der Waals surface area contributed by atoms with Crippen molar-refractivity contribution in [3.8, 4) is 0 Å². The lowest BCUT2D eigenvalue weighted by Crippen LogP contribution is -2.40. The van der Waals surface area contributed by atoms with Crippen molar-refractivity contribution in [2.75, 3.05) is 33.0 Å². The van der Waals surface area contributed by atoms with Crippen LogP contribution in [-0.4, -0.2) is 37.9 Å². The van der Waals surface area contributed by atoms with Crippen LogP contribution in [0.15, 0.2) is 12.3 Å². The Bertz CT molecular complexity index is 120. The lowest BCUT2D eigenvalue weighted by atomic mass is 10.4. The molecule has 1 heterocycles. The molecule has 3 heteroatoms. The predicted octanol–water partition coefficient (Wildman–Crippen LogP) is 1.67. The zero-order valence-corrected chi connectivity index (χ0v) is 7.05. The first-order chi connectivity index (χ1) is 5.43. The van der Waals surface area contributed by atoms with E-state index in [1.165, 1.54) is 0 Å². The van der Waals surface area contributed by atoms with Gasteiger partial charge in [0, 0.05) is 13.1 Å². The summed E-state index contributed by atoms with van der Waals surface area (Å²) in [5, 5.41) is 3.19. The number of allylic oxidation sites excluding steroid dienone is 1. The highest BCUT2D eigenvalue weighted by atomic mass is 16.5. The molecule has 0 aromatic rings. The monoisotopic (exact) mass is 188 g/mol. The highest BCUT2D eigenvalue weighted by Gasteiger charge is 2.07. The lowest BCUT2D eigenvalue weighted by Gasteiger charge is -2.26. The van der Waals surface area contributed by atoms with Gasteiger partial charge in [-0.25, -0.2) is 0 Å². The molecular formula is C10H24N2O. The minimum absolute atomic E-state index is 0. The number of rotatable bonds is 3. The summed E-state index contributed by atoms with van der Waals surface area (Å²) >= 11 is 0. The van der Waals surface area contributed by atoms with Crippen molar-refractivity contribution >= 4 is 0 Å². The third-order valence-electron chi connectivity index (χ3n) is 1.70. The third-order valence-corrected chi connectivity index (χ3v) is 1.70. The van der Waals surface area contributed by atoms with Gasteiger partial charge in [0.1, 0.15) is 0 Å². The Labute approximate surface area is 82.8 Å². The molecule has 1 aliphatic heterocycles. The van der Waals surface area contributed by atoms with Crippen molar-refractivity contribution in [3.63, 3.8) is 0 Å². The normalized spacial score (nSPS) is 17.6. The number of hydrogen-bond donors (Lipinski definition) is 1. The molecule has 3 nitrogen and oxygen atoms in total. The van der Waals surface area contributed by atoms with Crippen molar-refractivity contribution in [1.82, 2.24) is 10.2 Å². The van der Waals surface area contributed by atoms with Crippen molar-refractivity contribution in [3.05, 3.63) is 12.3 Å². The molecule has 1 rings (SSSR count). The van der Waals surface area contributed by atoms with Crippen LogP contribution in [0, 0.1) is 0 Å². The minimum atomic E-state index is 0. The Morgan fingerprint density at radius 2 is 1.92 bits per heavy atom. The van der Waals surface area contributed by atoms with Crippen molar-refractivity contribution in [2.45, 2.75) is 21.8 Å². The zero-order valence-electron chi connectivity index (χ0n) is 7.05. The number of ether oxygens (including phenoxy) is 1. The molecule has 80 valence electrons. The molecule has 0 bridgehead atoms. The SMILES string of the molecule is C.C.CC=CNCN1CCOCC1. The molecule has 0 radical (unpaired) electrons. The molecule has 1 N–H and O–H groups in total. The molecule has 0 saturated carbocycles. The minimum Gasteiger partial charge on any atom is -0.379 e. The first kappa shape index (κ1) is 15.0. The number of hydrogen-bond acceptors (Lipinski definition) is 3. The molecule has 0 aromatic heterocycles. The van der Waals surface area contributed by atoms with Gasteiger partial charge in [-0.15, -0.1) is 0 Å². The summed E-state index contributed by atoms with van der Waals surface area (Å²) in [5.74, 6) is 0. The van der Waals surface area contributed by atoms with Crippen molar-refractivity contribution in [2.24, 2.45) is 0 Å². The third kappa shape index (κ3) is 6.61. The lowest BCUT2D eigenvalue weighted by molar-refractivity contribution is 0.0359. The van der Waals surface area contributed by atoms with Gasteiger partial charge >= 0.3 is 0 Å². The smallest absolute Gasteiger partial charge is 0.0674 e. The van der Waals surface area contributed by atoms with Gasteiger partial charge in [0.25, 0.3) is 0 Å². The first-order valence-electron chi connectivity index (χ1n) is 4.08. The number of nitrogens with one attached hydrogen (secondary N) is 1. The van der Waals surface area contributed by atoms with Crippen molar-refractivity contribution < 1.29 is 4.74 Å². The molecule has 0 aliphatic carbocycles. The fourth-order valence-corrected chi connectivity index (χ4v) is 1.06. The van der Waals surface area contributed by atoms with Gasteiger partial charge in [-0.1, -0.05) is 20.9 Å². The van der Waals surface area contributed by atoms with E-state index in [4.69, 9.17) is 4.74 Å². The maximum absolute atomic E-state index is 5.22.